The van der Waals surface area contributed by atoms with Gasteiger partial charge in [0.1, 0.15) is 18.0 Å². The predicted molar refractivity (Wildman–Crippen MR) is 154 cm³/mol. The van der Waals surface area contributed by atoms with Crippen molar-refractivity contribution >= 4 is 39.9 Å². The number of anilines is 1. The van der Waals surface area contributed by atoms with Gasteiger partial charge in [-0.3, -0.25) is 19.7 Å². The third kappa shape index (κ3) is 4.15. The van der Waals surface area contributed by atoms with Crippen molar-refractivity contribution in [1.82, 2.24) is 24.8 Å². The monoisotopic (exact) mass is 552 g/mol. The molecule has 7 rings (SSSR count). The first-order chi connectivity index (χ1) is 19.7. The second-order valence-electron chi connectivity index (χ2n) is 12.1. The SMILES string of the molecule is CC1c2c(ncc3c(N4CC5CCC(C4)N5C(=O)OC(C)(C)C)nc(OCC=O)nc23)-c2cncc3cccc1c23. The maximum absolute atomic E-state index is 13.1. The van der Waals surface area contributed by atoms with E-state index in [4.69, 9.17) is 24.4 Å². The van der Waals surface area contributed by atoms with Crippen molar-refractivity contribution in [2.75, 3.05) is 24.6 Å². The number of rotatable bonds is 4. The number of carbonyl (C=O) groups excluding carboxylic acids is 2. The number of pyridine rings is 2. The Labute approximate surface area is 237 Å². The number of aromatic nitrogens is 4. The summed E-state index contributed by atoms with van der Waals surface area (Å²) >= 11 is 0. The van der Waals surface area contributed by atoms with Crippen molar-refractivity contribution < 1.29 is 19.1 Å². The molecule has 2 saturated heterocycles. The molecule has 4 aromatic rings. The van der Waals surface area contributed by atoms with Crippen LogP contribution in [0, 0.1) is 0 Å². The van der Waals surface area contributed by atoms with E-state index in [9.17, 15) is 9.59 Å². The molecule has 210 valence electrons. The first-order valence-corrected chi connectivity index (χ1v) is 14.1. The number of fused-ring (bicyclic) bond motifs is 6. The number of benzene rings is 1. The first kappa shape index (κ1) is 25.6. The molecule has 41 heavy (non-hydrogen) atoms. The Bertz CT molecular complexity index is 1700. The summed E-state index contributed by atoms with van der Waals surface area (Å²) in [6, 6.07) is 6.45. The Morgan fingerprint density at radius 2 is 1.88 bits per heavy atom. The van der Waals surface area contributed by atoms with Crippen LogP contribution < -0.4 is 9.64 Å². The summed E-state index contributed by atoms with van der Waals surface area (Å²) in [5.74, 6) is 0.719. The average Bonchev–Trinajstić information content (AvgIpc) is 3.22. The third-order valence-electron chi connectivity index (χ3n) is 8.37. The fourth-order valence-electron chi connectivity index (χ4n) is 6.76. The fraction of sp³-hybridized carbons (Fsp3) is 0.419. The van der Waals surface area contributed by atoms with Crippen LogP contribution in [0.5, 0.6) is 6.01 Å². The lowest BCUT2D eigenvalue weighted by molar-refractivity contribution is -0.109. The second-order valence-corrected chi connectivity index (χ2v) is 12.1. The molecule has 2 fully saturated rings. The molecule has 1 amide bonds. The van der Waals surface area contributed by atoms with Crippen LogP contribution >= 0.6 is 0 Å². The molecule has 0 saturated carbocycles. The van der Waals surface area contributed by atoms with E-state index < -0.39 is 5.60 Å². The largest absolute Gasteiger partial charge is 0.456 e. The maximum Gasteiger partial charge on any atom is 0.410 e. The third-order valence-corrected chi connectivity index (χ3v) is 8.37. The molecule has 3 aliphatic rings. The minimum Gasteiger partial charge on any atom is -0.456 e. The van der Waals surface area contributed by atoms with Gasteiger partial charge in [0.25, 0.3) is 0 Å². The van der Waals surface area contributed by atoms with Gasteiger partial charge in [0.05, 0.1) is 28.7 Å². The number of ether oxygens (including phenoxy) is 2. The predicted octanol–water partition coefficient (Wildman–Crippen LogP) is 4.87. The molecule has 0 N–H and O–H groups in total. The van der Waals surface area contributed by atoms with Crippen LogP contribution in [0.3, 0.4) is 0 Å². The zero-order valence-electron chi connectivity index (χ0n) is 23.6. The van der Waals surface area contributed by atoms with Crippen LogP contribution in [0.15, 0.2) is 36.8 Å². The van der Waals surface area contributed by atoms with E-state index in [0.29, 0.717) is 25.2 Å². The molecule has 5 heterocycles. The van der Waals surface area contributed by atoms with Gasteiger partial charge in [-0.05, 0) is 44.6 Å². The van der Waals surface area contributed by atoms with Gasteiger partial charge < -0.3 is 14.4 Å². The molecule has 3 aromatic heterocycles. The molecule has 1 aromatic carbocycles. The fourth-order valence-corrected chi connectivity index (χ4v) is 6.76. The Kier molecular flexibility index (Phi) is 5.85. The Hall–Kier alpha value is -4.34. The van der Waals surface area contributed by atoms with Crippen molar-refractivity contribution in [2.45, 2.75) is 64.1 Å². The van der Waals surface area contributed by atoms with Gasteiger partial charge in [0, 0.05) is 54.1 Å². The van der Waals surface area contributed by atoms with E-state index >= 15 is 0 Å². The molecular formula is C31H32N6O4. The van der Waals surface area contributed by atoms with Crippen molar-refractivity contribution in [1.29, 1.82) is 0 Å². The molecule has 1 aliphatic carbocycles. The maximum atomic E-state index is 13.1. The van der Waals surface area contributed by atoms with Gasteiger partial charge in [-0.2, -0.15) is 9.97 Å². The standard InChI is InChI=1S/C31H32N6O4/c1-17-21-7-5-6-18-12-32-13-22(25(18)21)26-24(17)27-23(14-33-26)28(35-29(34-27)40-11-10-38)36-15-19-8-9-20(16-36)37(19)30(39)41-31(2,3)4/h5-7,10,12-14,17,19-20H,8-9,11,15-16H2,1-4H3. The number of hydrogen-bond acceptors (Lipinski definition) is 9. The van der Waals surface area contributed by atoms with Gasteiger partial charge in [-0.1, -0.05) is 25.1 Å². The van der Waals surface area contributed by atoms with Crippen LogP contribution in [0.2, 0.25) is 0 Å². The lowest BCUT2D eigenvalue weighted by Crippen LogP contribution is -2.57. The second kappa shape index (κ2) is 9.36. The highest BCUT2D eigenvalue weighted by Gasteiger charge is 2.45. The molecule has 10 heteroatoms. The van der Waals surface area contributed by atoms with Gasteiger partial charge in [-0.15, -0.1) is 0 Å². The van der Waals surface area contributed by atoms with Crippen LogP contribution in [0.4, 0.5) is 10.6 Å². The van der Waals surface area contributed by atoms with Gasteiger partial charge >= 0.3 is 12.1 Å². The van der Waals surface area contributed by atoms with Gasteiger partial charge in [-0.25, -0.2) is 4.79 Å². The Morgan fingerprint density at radius 3 is 2.61 bits per heavy atom. The quantitative estimate of drug-likeness (QED) is 0.327. The number of piperazine rings is 1. The molecule has 3 atom stereocenters. The van der Waals surface area contributed by atoms with Gasteiger partial charge in [0.15, 0.2) is 6.29 Å². The molecule has 0 spiro atoms. The highest BCUT2D eigenvalue weighted by atomic mass is 16.6. The number of nitrogens with zero attached hydrogens (tertiary/aromatic N) is 6. The van der Waals surface area contributed by atoms with Crippen LogP contribution in [0.25, 0.3) is 32.9 Å². The minimum atomic E-state index is -0.554. The summed E-state index contributed by atoms with van der Waals surface area (Å²) in [5, 5.41) is 3.06. The number of hydrogen-bond donors (Lipinski definition) is 0. The van der Waals surface area contributed by atoms with Crippen molar-refractivity contribution in [3.63, 3.8) is 0 Å². The zero-order valence-corrected chi connectivity index (χ0v) is 23.6. The topological polar surface area (TPSA) is 111 Å². The summed E-state index contributed by atoms with van der Waals surface area (Å²) < 4.78 is 11.4. The van der Waals surface area contributed by atoms with Crippen molar-refractivity contribution in [3.8, 4) is 17.3 Å². The van der Waals surface area contributed by atoms with Crippen LogP contribution in [0.1, 0.15) is 57.6 Å². The summed E-state index contributed by atoms with van der Waals surface area (Å²) in [4.78, 5) is 47.5. The van der Waals surface area contributed by atoms with E-state index in [1.54, 1.807) is 0 Å². The highest BCUT2D eigenvalue weighted by molar-refractivity contribution is 6.05. The van der Waals surface area contributed by atoms with E-state index in [1.807, 2.05) is 44.3 Å². The minimum absolute atomic E-state index is 0.00743. The lowest BCUT2D eigenvalue weighted by Gasteiger charge is -2.42. The summed E-state index contributed by atoms with van der Waals surface area (Å²) in [7, 11) is 0. The Balaban J connectivity index is 1.35. The first-order valence-electron chi connectivity index (χ1n) is 14.1. The molecule has 2 aliphatic heterocycles. The molecule has 2 bridgehead atoms. The average molecular weight is 553 g/mol. The zero-order chi connectivity index (χ0) is 28.5. The van der Waals surface area contributed by atoms with Crippen LogP contribution in [-0.2, 0) is 9.53 Å². The van der Waals surface area contributed by atoms with E-state index in [1.165, 1.54) is 5.56 Å². The number of aldehydes is 1. The smallest absolute Gasteiger partial charge is 0.410 e. The van der Waals surface area contributed by atoms with E-state index in [2.05, 4.69) is 35.0 Å². The number of amides is 1. The summed E-state index contributed by atoms with van der Waals surface area (Å²) in [5.41, 5.74) is 4.21. The summed E-state index contributed by atoms with van der Waals surface area (Å²) in [6.45, 7) is 8.91. The van der Waals surface area contributed by atoms with Crippen molar-refractivity contribution in [2.24, 2.45) is 0 Å². The molecule has 10 nitrogen and oxygen atoms in total. The normalized spacial score (nSPS) is 21.2. The van der Waals surface area contributed by atoms with Gasteiger partial charge in [0.2, 0.25) is 0 Å². The lowest BCUT2D eigenvalue weighted by atomic mass is 9.80. The van der Waals surface area contributed by atoms with Crippen LogP contribution in [-0.4, -0.2) is 74.6 Å². The Morgan fingerprint density at radius 1 is 1.10 bits per heavy atom. The molecule has 3 unspecified atom stereocenters. The summed E-state index contributed by atoms with van der Waals surface area (Å²) in [6.07, 6.45) is 7.83. The number of carbonyl (C=O) groups is 2. The molecule has 0 radical (unpaired) electrons. The van der Waals surface area contributed by atoms with Crippen molar-refractivity contribution in [3.05, 3.63) is 47.9 Å². The van der Waals surface area contributed by atoms with E-state index in [-0.39, 0.29) is 36.7 Å². The van der Waals surface area contributed by atoms with E-state index in [0.717, 1.165) is 51.3 Å². The molecular weight excluding hydrogens is 520 g/mol. The highest BCUT2D eigenvalue weighted by Crippen LogP contribution is 2.47.